The molecule has 0 saturated carbocycles. The van der Waals surface area contributed by atoms with Gasteiger partial charge in [-0.3, -0.25) is 19.3 Å². The second-order valence-corrected chi connectivity index (χ2v) is 5.88. The largest absolute Gasteiger partial charge is 0.483 e. The van der Waals surface area contributed by atoms with Gasteiger partial charge in [0.1, 0.15) is 11.7 Å². The molecule has 22 heavy (non-hydrogen) atoms. The Balaban J connectivity index is 1.64. The van der Waals surface area contributed by atoms with E-state index in [1.54, 1.807) is 0 Å². The third kappa shape index (κ3) is 1.81. The number of nitrogens with zero attached hydrogens (tertiary/aromatic N) is 1. The van der Waals surface area contributed by atoms with Gasteiger partial charge in [-0.05, 0) is 12.0 Å². The number of carbonyl (C=O) groups excluding carboxylic acids is 3. The number of likely N-dealkylation sites (tertiary alicyclic amines) is 1. The summed E-state index contributed by atoms with van der Waals surface area (Å²) in [7, 11) is 0. The molecular formula is C17H15NO4. The molecular weight excluding hydrogens is 282 g/mol. The van der Waals surface area contributed by atoms with Crippen molar-refractivity contribution < 1.29 is 19.1 Å². The van der Waals surface area contributed by atoms with Crippen molar-refractivity contribution in [1.82, 2.24) is 4.90 Å². The second-order valence-electron chi connectivity index (χ2n) is 5.88. The molecule has 1 aromatic carbocycles. The number of ether oxygens (including phenoxy) is 1. The summed E-state index contributed by atoms with van der Waals surface area (Å²) in [6.07, 6.45) is 0.981. The summed E-state index contributed by atoms with van der Waals surface area (Å²) in [5, 5.41) is 0. The number of benzene rings is 1. The Morgan fingerprint density at radius 3 is 2.59 bits per heavy atom. The number of ketones is 1. The van der Waals surface area contributed by atoms with Crippen LogP contribution >= 0.6 is 0 Å². The fraction of sp³-hybridized carbons (Fsp3) is 0.353. The van der Waals surface area contributed by atoms with Gasteiger partial charge in [0.05, 0.1) is 6.54 Å². The standard InChI is InChI=1S/C17H15NO4/c19-11-7-4-8-12-13(11)14-15(22-12)17(21)18(16(14)20)9-10-5-2-1-3-6-10/h1-3,5-6,14-15H,4,7-9H2/t14-,15+/m1/s1. The molecule has 1 aromatic rings. The molecule has 2 amide bonds. The Morgan fingerprint density at radius 2 is 1.82 bits per heavy atom. The van der Waals surface area contributed by atoms with Crippen molar-refractivity contribution in [3.63, 3.8) is 0 Å². The van der Waals surface area contributed by atoms with Crippen molar-refractivity contribution >= 4 is 17.6 Å². The zero-order valence-electron chi connectivity index (χ0n) is 12.0. The van der Waals surface area contributed by atoms with Gasteiger partial charge in [0.25, 0.3) is 5.91 Å². The number of rotatable bonds is 2. The minimum atomic E-state index is -0.830. The highest BCUT2D eigenvalue weighted by Crippen LogP contribution is 2.43. The van der Waals surface area contributed by atoms with Gasteiger partial charge in [0.2, 0.25) is 5.91 Å². The van der Waals surface area contributed by atoms with Gasteiger partial charge in [-0.15, -0.1) is 0 Å². The van der Waals surface area contributed by atoms with Gasteiger partial charge >= 0.3 is 0 Å². The van der Waals surface area contributed by atoms with E-state index < -0.39 is 12.0 Å². The van der Waals surface area contributed by atoms with Crippen molar-refractivity contribution in [1.29, 1.82) is 0 Å². The van der Waals surface area contributed by atoms with Crippen molar-refractivity contribution in [2.45, 2.75) is 31.9 Å². The SMILES string of the molecule is O=C1CCCC2=C1[C@H]1C(=O)N(Cc3ccccc3)C(=O)[C@H]1O2. The third-order valence-corrected chi connectivity index (χ3v) is 4.52. The normalized spacial score (nSPS) is 27.1. The van der Waals surface area contributed by atoms with Gasteiger partial charge in [-0.2, -0.15) is 0 Å². The molecule has 0 N–H and O–H groups in total. The van der Waals surface area contributed by atoms with E-state index in [2.05, 4.69) is 0 Å². The minimum absolute atomic E-state index is 0.0449. The lowest BCUT2D eigenvalue weighted by Crippen LogP contribution is -2.33. The molecule has 2 aliphatic heterocycles. The quantitative estimate of drug-likeness (QED) is 0.777. The first kappa shape index (κ1) is 13.2. The maximum Gasteiger partial charge on any atom is 0.271 e. The number of hydrogen-bond donors (Lipinski definition) is 0. The first-order chi connectivity index (χ1) is 10.7. The molecule has 1 saturated heterocycles. The molecule has 0 bridgehead atoms. The topological polar surface area (TPSA) is 63.7 Å². The number of amides is 2. The van der Waals surface area contributed by atoms with Gasteiger partial charge in [0.15, 0.2) is 11.9 Å². The van der Waals surface area contributed by atoms with Crippen LogP contribution < -0.4 is 0 Å². The highest BCUT2D eigenvalue weighted by Gasteiger charge is 2.57. The van der Waals surface area contributed by atoms with Gasteiger partial charge < -0.3 is 4.74 Å². The molecule has 2 heterocycles. The van der Waals surface area contributed by atoms with Crippen LogP contribution in [0.4, 0.5) is 0 Å². The van der Waals surface area contributed by atoms with E-state index in [0.717, 1.165) is 12.0 Å². The van der Waals surface area contributed by atoms with E-state index in [1.807, 2.05) is 30.3 Å². The van der Waals surface area contributed by atoms with Gasteiger partial charge in [0, 0.05) is 18.4 Å². The molecule has 0 radical (unpaired) electrons. The molecule has 5 heteroatoms. The van der Waals surface area contributed by atoms with Crippen LogP contribution in [-0.2, 0) is 25.7 Å². The summed E-state index contributed by atoms with van der Waals surface area (Å²) in [4.78, 5) is 38.5. The zero-order valence-corrected chi connectivity index (χ0v) is 12.0. The lowest BCUT2D eigenvalue weighted by atomic mass is 9.87. The first-order valence-corrected chi connectivity index (χ1v) is 7.49. The van der Waals surface area contributed by atoms with Crippen molar-refractivity contribution in [3.05, 3.63) is 47.2 Å². The maximum absolute atomic E-state index is 12.6. The number of hydrogen-bond acceptors (Lipinski definition) is 4. The predicted octanol–water partition coefficient (Wildman–Crippen LogP) is 1.58. The average Bonchev–Trinajstić information content (AvgIpc) is 3.02. The zero-order chi connectivity index (χ0) is 15.3. The highest BCUT2D eigenvalue weighted by atomic mass is 16.5. The molecule has 0 aromatic heterocycles. The van der Waals surface area contributed by atoms with Crippen molar-refractivity contribution in [2.75, 3.05) is 0 Å². The summed E-state index contributed by atoms with van der Waals surface area (Å²) in [6, 6.07) is 9.34. The lowest BCUT2D eigenvalue weighted by molar-refractivity contribution is -0.142. The Bertz CT molecular complexity index is 707. The van der Waals surface area contributed by atoms with Crippen LogP contribution in [0.15, 0.2) is 41.7 Å². The molecule has 3 aliphatic rings. The predicted molar refractivity (Wildman–Crippen MR) is 76.2 cm³/mol. The molecule has 1 fully saturated rings. The van der Waals surface area contributed by atoms with E-state index in [9.17, 15) is 14.4 Å². The van der Waals surface area contributed by atoms with Crippen molar-refractivity contribution in [2.24, 2.45) is 5.92 Å². The van der Waals surface area contributed by atoms with Crippen LogP contribution in [0.3, 0.4) is 0 Å². The molecule has 1 aliphatic carbocycles. The van der Waals surface area contributed by atoms with Gasteiger partial charge in [-0.25, -0.2) is 0 Å². The average molecular weight is 297 g/mol. The number of allylic oxidation sites excluding steroid dienone is 1. The van der Waals surface area contributed by atoms with E-state index in [-0.39, 0.29) is 24.1 Å². The summed E-state index contributed by atoms with van der Waals surface area (Å²) in [5.74, 6) is -0.844. The minimum Gasteiger partial charge on any atom is -0.483 e. The number of Topliss-reactive ketones (excluding diaryl/α,β-unsaturated/α-hetero) is 1. The van der Waals surface area contributed by atoms with Crippen LogP contribution in [0.5, 0.6) is 0 Å². The maximum atomic E-state index is 12.6. The first-order valence-electron chi connectivity index (χ1n) is 7.49. The van der Waals surface area contributed by atoms with Crippen LogP contribution in [0.25, 0.3) is 0 Å². The smallest absolute Gasteiger partial charge is 0.271 e. The fourth-order valence-electron chi connectivity index (χ4n) is 3.47. The monoisotopic (exact) mass is 297 g/mol. The third-order valence-electron chi connectivity index (χ3n) is 4.52. The second kappa shape index (κ2) is 4.80. The molecule has 2 atom stereocenters. The van der Waals surface area contributed by atoms with E-state index in [1.165, 1.54) is 4.90 Å². The Hall–Kier alpha value is -2.43. The number of imide groups is 1. The van der Waals surface area contributed by atoms with E-state index >= 15 is 0 Å². The van der Waals surface area contributed by atoms with E-state index in [0.29, 0.717) is 24.2 Å². The highest BCUT2D eigenvalue weighted by molar-refractivity contribution is 6.14. The summed E-state index contributed by atoms with van der Waals surface area (Å²) in [6.45, 7) is 0.228. The molecule has 112 valence electrons. The van der Waals surface area contributed by atoms with E-state index in [4.69, 9.17) is 4.74 Å². The Morgan fingerprint density at radius 1 is 1.05 bits per heavy atom. The van der Waals surface area contributed by atoms with Crippen molar-refractivity contribution in [3.8, 4) is 0 Å². The lowest BCUT2D eigenvalue weighted by Gasteiger charge is -2.18. The Kier molecular flexibility index (Phi) is 2.89. The summed E-state index contributed by atoms with van der Waals surface area (Å²) >= 11 is 0. The van der Waals surface area contributed by atoms with Crippen LogP contribution in [0.2, 0.25) is 0 Å². The summed E-state index contributed by atoms with van der Waals surface area (Å²) < 4.78 is 5.66. The fourth-order valence-corrected chi connectivity index (χ4v) is 3.47. The summed E-state index contributed by atoms with van der Waals surface area (Å²) in [5.41, 5.74) is 1.33. The van der Waals surface area contributed by atoms with Gasteiger partial charge in [-0.1, -0.05) is 30.3 Å². The molecule has 0 unspecified atom stereocenters. The number of fused-ring (bicyclic) bond motifs is 2. The molecule has 4 rings (SSSR count). The van der Waals surface area contributed by atoms with Crippen LogP contribution in [-0.4, -0.2) is 28.6 Å². The number of carbonyl (C=O) groups is 3. The molecule has 0 spiro atoms. The van der Waals surface area contributed by atoms with Crippen LogP contribution in [0.1, 0.15) is 24.8 Å². The Labute approximate surface area is 127 Å². The van der Waals surface area contributed by atoms with Crippen LogP contribution in [0, 0.1) is 5.92 Å². The molecule has 5 nitrogen and oxygen atoms in total.